The average molecular weight is 335 g/mol. The van der Waals surface area contributed by atoms with Crippen molar-refractivity contribution in [1.82, 2.24) is 0 Å². The van der Waals surface area contributed by atoms with Gasteiger partial charge in [-0.25, -0.2) is 0 Å². The molecule has 0 fully saturated rings. The fraction of sp³-hybridized carbons (Fsp3) is 0.200. The van der Waals surface area contributed by atoms with E-state index in [1.165, 1.54) is 6.07 Å². The van der Waals surface area contributed by atoms with E-state index in [4.69, 9.17) is 9.47 Å². The lowest BCUT2D eigenvalue weighted by molar-refractivity contribution is -0.385. The van der Waals surface area contributed by atoms with Gasteiger partial charge in [0.25, 0.3) is 5.69 Å². The van der Waals surface area contributed by atoms with E-state index in [-0.39, 0.29) is 16.5 Å². The minimum atomic E-state index is -0.349. The van der Waals surface area contributed by atoms with Crippen molar-refractivity contribution >= 4 is 17.8 Å². The number of aryl methyl sites for hydroxylation is 1. The number of hydrogen-bond donors (Lipinski definition) is 0. The lowest BCUT2D eigenvalue weighted by Crippen LogP contribution is -2.05. The monoisotopic (exact) mass is 335 g/mol. The third-order valence-corrected chi connectivity index (χ3v) is 4.70. The zero-order valence-corrected chi connectivity index (χ0v) is 13.8. The Labute approximate surface area is 145 Å². The van der Waals surface area contributed by atoms with Crippen LogP contribution in [0, 0.1) is 16.0 Å². The van der Waals surface area contributed by atoms with Crippen molar-refractivity contribution in [3.8, 4) is 11.5 Å². The molecule has 0 saturated heterocycles. The Balaban J connectivity index is 1.83. The lowest BCUT2D eigenvalue weighted by atomic mass is 9.98. The van der Waals surface area contributed by atoms with Crippen molar-refractivity contribution in [2.24, 2.45) is 5.92 Å². The SMILES string of the molecule is COc1ccc2c(c1)OC1=Cc3c(cccc3[N+](=O)[O-])C=CC1CC2. The molecule has 0 bridgehead atoms. The minimum Gasteiger partial charge on any atom is -0.497 e. The summed E-state index contributed by atoms with van der Waals surface area (Å²) in [7, 11) is 1.62. The highest BCUT2D eigenvalue weighted by molar-refractivity contribution is 5.75. The van der Waals surface area contributed by atoms with Crippen LogP contribution in [0.4, 0.5) is 5.69 Å². The Hall–Kier alpha value is -3.08. The smallest absolute Gasteiger partial charge is 0.277 e. The van der Waals surface area contributed by atoms with Crippen LogP contribution in [0.25, 0.3) is 12.2 Å². The molecule has 0 radical (unpaired) electrons. The predicted octanol–water partition coefficient (Wildman–Crippen LogP) is 4.61. The Morgan fingerprint density at radius 2 is 2.16 bits per heavy atom. The van der Waals surface area contributed by atoms with Crippen LogP contribution < -0.4 is 9.47 Å². The highest BCUT2D eigenvalue weighted by atomic mass is 16.6. The summed E-state index contributed by atoms with van der Waals surface area (Å²) in [4.78, 5) is 11.0. The van der Waals surface area contributed by atoms with Crippen LogP contribution in [-0.4, -0.2) is 12.0 Å². The maximum Gasteiger partial charge on any atom is 0.277 e. The molecule has 5 nitrogen and oxygen atoms in total. The highest BCUT2D eigenvalue weighted by Crippen LogP contribution is 2.38. The predicted molar refractivity (Wildman–Crippen MR) is 95.5 cm³/mol. The van der Waals surface area contributed by atoms with Gasteiger partial charge < -0.3 is 9.47 Å². The fourth-order valence-corrected chi connectivity index (χ4v) is 3.34. The Bertz CT molecular complexity index is 914. The summed E-state index contributed by atoms with van der Waals surface area (Å²) in [5.41, 5.74) is 2.64. The van der Waals surface area contributed by atoms with Crippen molar-refractivity contribution in [2.75, 3.05) is 7.11 Å². The van der Waals surface area contributed by atoms with Crippen molar-refractivity contribution in [3.05, 3.63) is 75.0 Å². The zero-order chi connectivity index (χ0) is 17.4. The van der Waals surface area contributed by atoms with Gasteiger partial charge in [-0.3, -0.25) is 10.1 Å². The molecule has 126 valence electrons. The van der Waals surface area contributed by atoms with Gasteiger partial charge in [0.15, 0.2) is 0 Å². The molecule has 0 saturated carbocycles. The van der Waals surface area contributed by atoms with Crippen molar-refractivity contribution in [2.45, 2.75) is 12.8 Å². The zero-order valence-electron chi connectivity index (χ0n) is 13.8. The van der Waals surface area contributed by atoms with Crippen LogP contribution in [0.3, 0.4) is 0 Å². The molecule has 5 heteroatoms. The second-order valence-electron chi connectivity index (χ2n) is 6.16. The second-order valence-corrected chi connectivity index (χ2v) is 6.16. The van der Waals surface area contributed by atoms with Crippen LogP contribution in [0.15, 0.2) is 48.2 Å². The van der Waals surface area contributed by atoms with Crippen LogP contribution in [0.2, 0.25) is 0 Å². The molecular formula is C20H17NO4. The van der Waals surface area contributed by atoms with E-state index in [1.54, 1.807) is 13.2 Å². The van der Waals surface area contributed by atoms with E-state index in [2.05, 4.69) is 6.08 Å². The standard InChI is InChI=1S/C20H17NO4/c1-24-16-10-9-15-8-7-14-6-5-13-3-2-4-18(21(22)23)17(13)12-20(14)25-19(15)11-16/h2-6,9-12,14H,7-8H2,1H3. The maximum absolute atomic E-state index is 11.4. The van der Waals surface area contributed by atoms with Gasteiger partial charge in [0, 0.05) is 18.1 Å². The van der Waals surface area contributed by atoms with Crippen molar-refractivity contribution in [3.63, 3.8) is 0 Å². The van der Waals surface area contributed by atoms with Gasteiger partial charge in [-0.05, 0) is 36.1 Å². The summed E-state index contributed by atoms with van der Waals surface area (Å²) in [6.45, 7) is 0. The number of ether oxygens (including phenoxy) is 2. The van der Waals surface area contributed by atoms with Crippen molar-refractivity contribution < 1.29 is 14.4 Å². The van der Waals surface area contributed by atoms with E-state index in [1.807, 2.05) is 36.4 Å². The summed E-state index contributed by atoms with van der Waals surface area (Å²) < 4.78 is 11.5. The molecule has 0 amide bonds. The molecule has 1 heterocycles. The van der Waals surface area contributed by atoms with Crippen LogP contribution in [0.5, 0.6) is 11.5 Å². The molecule has 2 aromatic carbocycles. The van der Waals surface area contributed by atoms with Gasteiger partial charge in [-0.2, -0.15) is 0 Å². The highest BCUT2D eigenvalue weighted by Gasteiger charge is 2.25. The molecule has 1 unspecified atom stereocenters. The molecule has 0 spiro atoms. The van der Waals surface area contributed by atoms with Gasteiger partial charge in [0.2, 0.25) is 0 Å². The van der Waals surface area contributed by atoms with Crippen LogP contribution in [-0.2, 0) is 6.42 Å². The van der Waals surface area contributed by atoms with E-state index >= 15 is 0 Å². The quantitative estimate of drug-likeness (QED) is 0.594. The van der Waals surface area contributed by atoms with Crippen molar-refractivity contribution in [1.29, 1.82) is 0 Å². The van der Waals surface area contributed by atoms with E-state index < -0.39 is 0 Å². The number of allylic oxidation sites excluding steroid dienone is 1. The number of nitrogens with zero attached hydrogens (tertiary/aromatic N) is 1. The number of methoxy groups -OCH3 is 1. The van der Waals surface area contributed by atoms with Gasteiger partial charge in [-0.1, -0.05) is 30.4 Å². The Kier molecular flexibility index (Phi) is 3.76. The normalized spacial score (nSPS) is 17.8. The number of rotatable bonds is 2. The van der Waals surface area contributed by atoms with Gasteiger partial charge >= 0.3 is 0 Å². The van der Waals surface area contributed by atoms with Gasteiger partial charge in [-0.15, -0.1) is 0 Å². The Morgan fingerprint density at radius 1 is 1.28 bits per heavy atom. The molecule has 0 N–H and O–H groups in total. The first-order valence-electron chi connectivity index (χ1n) is 8.17. The maximum atomic E-state index is 11.4. The third kappa shape index (κ3) is 2.78. The number of benzene rings is 2. The third-order valence-electron chi connectivity index (χ3n) is 4.70. The van der Waals surface area contributed by atoms with Gasteiger partial charge in [0.05, 0.1) is 17.6 Å². The molecule has 0 aromatic heterocycles. The average Bonchev–Trinajstić information content (AvgIpc) is 2.89. The molecule has 25 heavy (non-hydrogen) atoms. The summed E-state index contributed by atoms with van der Waals surface area (Å²) in [6, 6.07) is 10.9. The first-order chi connectivity index (χ1) is 12.2. The second kappa shape index (κ2) is 6.09. The first-order valence-corrected chi connectivity index (χ1v) is 8.17. The number of nitro benzene ring substituents is 1. The number of nitro groups is 1. The van der Waals surface area contributed by atoms with Gasteiger partial charge in [0.1, 0.15) is 17.3 Å². The first kappa shape index (κ1) is 15.4. The summed E-state index contributed by atoms with van der Waals surface area (Å²) in [5, 5.41) is 11.4. The molecule has 1 atom stereocenters. The molecular weight excluding hydrogens is 318 g/mol. The fourth-order valence-electron chi connectivity index (χ4n) is 3.34. The summed E-state index contributed by atoms with van der Waals surface area (Å²) in [6.07, 6.45) is 7.61. The Morgan fingerprint density at radius 3 is 2.96 bits per heavy atom. The largest absolute Gasteiger partial charge is 0.497 e. The summed E-state index contributed by atoms with van der Waals surface area (Å²) >= 11 is 0. The number of hydrogen-bond acceptors (Lipinski definition) is 4. The summed E-state index contributed by atoms with van der Waals surface area (Å²) in [5.74, 6) is 2.30. The van der Waals surface area contributed by atoms with E-state index in [0.717, 1.165) is 41.2 Å². The van der Waals surface area contributed by atoms with E-state index in [9.17, 15) is 10.1 Å². The molecule has 2 aliphatic rings. The topological polar surface area (TPSA) is 61.6 Å². The molecule has 1 aliphatic carbocycles. The number of fused-ring (bicyclic) bond motifs is 3. The molecule has 2 aromatic rings. The lowest BCUT2D eigenvalue weighted by Gasteiger charge is -2.14. The van der Waals surface area contributed by atoms with Crippen LogP contribution >= 0.6 is 0 Å². The van der Waals surface area contributed by atoms with Crippen LogP contribution in [0.1, 0.15) is 23.1 Å². The minimum absolute atomic E-state index is 0.0883. The van der Waals surface area contributed by atoms with E-state index in [0.29, 0.717) is 5.56 Å². The molecule has 4 rings (SSSR count). The molecule has 1 aliphatic heterocycles.